The molecule has 1 aliphatic rings. The minimum atomic E-state index is 0.467. The van der Waals surface area contributed by atoms with E-state index in [0.717, 1.165) is 29.8 Å². The Hall–Kier alpha value is -0.730. The van der Waals surface area contributed by atoms with Crippen molar-refractivity contribution in [2.75, 3.05) is 13.2 Å². The number of hydrogen-bond donors (Lipinski definition) is 1. The molecule has 2 nitrogen and oxygen atoms in total. The maximum Gasteiger partial charge on any atom is 0.120 e. The maximum atomic E-state index is 6.00. The van der Waals surface area contributed by atoms with Crippen molar-refractivity contribution in [2.24, 2.45) is 5.92 Å². The summed E-state index contributed by atoms with van der Waals surface area (Å²) in [7, 11) is 0. The second-order valence-corrected chi connectivity index (χ2v) is 6.16. The predicted molar refractivity (Wildman–Crippen MR) is 85.6 cm³/mol. The van der Waals surface area contributed by atoms with Crippen LogP contribution in [0.3, 0.4) is 0 Å². The van der Waals surface area contributed by atoms with Gasteiger partial charge in [0.2, 0.25) is 0 Å². The van der Waals surface area contributed by atoms with Crippen LogP contribution in [-0.4, -0.2) is 19.2 Å². The fourth-order valence-corrected chi connectivity index (χ4v) is 3.15. The van der Waals surface area contributed by atoms with Crippen molar-refractivity contribution in [3.8, 4) is 5.75 Å². The van der Waals surface area contributed by atoms with Gasteiger partial charge in [0, 0.05) is 11.1 Å². The van der Waals surface area contributed by atoms with Gasteiger partial charge in [-0.3, -0.25) is 0 Å². The van der Waals surface area contributed by atoms with Crippen molar-refractivity contribution in [1.82, 2.24) is 5.32 Å². The summed E-state index contributed by atoms with van der Waals surface area (Å²) in [6.07, 6.45) is 7.96. The van der Waals surface area contributed by atoms with Gasteiger partial charge in [-0.1, -0.05) is 43.9 Å². The number of ether oxygens (including phenoxy) is 1. The summed E-state index contributed by atoms with van der Waals surface area (Å²) >= 11 is 6.00. The maximum absolute atomic E-state index is 6.00. The molecule has 3 heteroatoms. The van der Waals surface area contributed by atoms with Crippen molar-refractivity contribution in [3.63, 3.8) is 0 Å². The highest BCUT2D eigenvalue weighted by molar-refractivity contribution is 6.30. The monoisotopic (exact) mass is 295 g/mol. The van der Waals surface area contributed by atoms with Gasteiger partial charge in [-0.25, -0.2) is 0 Å². The van der Waals surface area contributed by atoms with Crippen LogP contribution in [0, 0.1) is 5.92 Å². The lowest BCUT2D eigenvalue weighted by Gasteiger charge is -2.31. The van der Waals surface area contributed by atoms with Gasteiger partial charge >= 0.3 is 0 Å². The smallest absolute Gasteiger partial charge is 0.120 e. The zero-order valence-electron chi connectivity index (χ0n) is 12.4. The second-order valence-electron chi connectivity index (χ2n) is 5.73. The minimum Gasteiger partial charge on any atom is -0.492 e. The summed E-state index contributed by atoms with van der Waals surface area (Å²) in [5, 5.41) is 4.40. The quantitative estimate of drug-likeness (QED) is 0.789. The van der Waals surface area contributed by atoms with Crippen molar-refractivity contribution in [2.45, 2.75) is 51.5 Å². The molecule has 1 unspecified atom stereocenters. The van der Waals surface area contributed by atoms with Gasteiger partial charge in [0.05, 0.1) is 0 Å². The molecule has 1 atom stereocenters. The van der Waals surface area contributed by atoms with Crippen molar-refractivity contribution in [1.29, 1.82) is 0 Å². The van der Waals surface area contributed by atoms with Crippen molar-refractivity contribution in [3.05, 3.63) is 29.3 Å². The summed E-state index contributed by atoms with van der Waals surface area (Å²) in [6.45, 7) is 4.02. The molecule has 112 valence electrons. The van der Waals surface area contributed by atoms with Crippen LogP contribution in [0.1, 0.15) is 45.4 Å². The molecule has 0 aliphatic heterocycles. The molecular formula is C17H26ClNO. The Kier molecular flexibility index (Phi) is 6.68. The molecule has 1 saturated carbocycles. The van der Waals surface area contributed by atoms with Crippen LogP contribution < -0.4 is 10.1 Å². The third-order valence-corrected chi connectivity index (χ3v) is 4.34. The highest BCUT2D eigenvalue weighted by Crippen LogP contribution is 2.27. The van der Waals surface area contributed by atoms with E-state index < -0.39 is 0 Å². The van der Waals surface area contributed by atoms with E-state index in [4.69, 9.17) is 16.3 Å². The third kappa shape index (κ3) is 4.99. The van der Waals surface area contributed by atoms with Gasteiger partial charge in [-0.2, -0.15) is 0 Å². The lowest BCUT2D eigenvalue weighted by atomic mass is 9.84. The largest absolute Gasteiger partial charge is 0.492 e. The van der Waals surface area contributed by atoms with Gasteiger partial charge in [0.1, 0.15) is 12.4 Å². The first-order valence-electron chi connectivity index (χ1n) is 7.91. The van der Waals surface area contributed by atoms with Gasteiger partial charge in [-0.15, -0.1) is 0 Å². The molecule has 0 heterocycles. The normalized spacial score (nSPS) is 17.9. The fraction of sp³-hybridized carbons (Fsp3) is 0.647. The first kappa shape index (κ1) is 15.7. The molecule has 1 aromatic rings. The first-order chi connectivity index (χ1) is 9.79. The number of benzene rings is 1. The topological polar surface area (TPSA) is 21.3 Å². The first-order valence-corrected chi connectivity index (χ1v) is 8.29. The Balaban J connectivity index is 1.89. The fourth-order valence-electron chi connectivity index (χ4n) is 2.97. The van der Waals surface area contributed by atoms with E-state index in [0.29, 0.717) is 6.04 Å². The van der Waals surface area contributed by atoms with Crippen LogP contribution in [0.15, 0.2) is 24.3 Å². The summed E-state index contributed by atoms with van der Waals surface area (Å²) in [6, 6.07) is 8.15. The van der Waals surface area contributed by atoms with Crippen LogP contribution in [0.2, 0.25) is 5.02 Å². The van der Waals surface area contributed by atoms with Gasteiger partial charge < -0.3 is 10.1 Å². The molecular weight excluding hydrogens is 270 g/mol. The number of halogens is 1. The molecule has 0 amide bonds. The average molecular weight is 296 g/mol. The predicted octanol–water partition coefficient (Wildman–Crippen LogP) is 4.67. The molecule has 1 fully saturated rings. The van der Waals surface area contributed by atoms with Crippen LogP contribution >= 0.6 is 11.6 Å². The number of rotatable bonds is 7. The van der Waals surface area contributed by atoms with Crippen LogP contribution in [0.5, 0.6) is 5.75 Å². The summed E-state index contributed by atoms with van der Waals surface area (Å²) in [4.78, 5) is 0. The standard InChI is InChI=1S/C17H26ClNO/c1-2-11-19-17(14-7-4-3-5-8-14)13-20-16-10-6-9-15(18)12-16/h6,9-10,12,14,17,19H,2-5,7-8,11,13H2,1H3. The summed E-state index contributed by atoms with van der Waals surface area (Å²) in [5.74, 6) is 1.63. The van der Waals surface area contributed by atoms with Crippen LogP contribution in [0.25, 0.3) is 0 Å². The Bertz CT molecular complexity index is 390. The molecule has 0 radical (unpaired) electrons. The Morgan fingerprint density at radius 3 is 2.80 bits per heavy atom. The molecule has 1 aliphatic carbocycles. The van der Waals surface area contributed by atoms with E-state index in [1.165, 1.54) is 38.5 Å². The molecule has 1 aromatic carbocycles. The molecule has 20 heavy (non-hydrogen) atoms. The minimum absolute atomic E-state index is 0.467. The summed E-state index contributed by atoms with van der Waals surface area (Å²) < 4.78 is 5.95. The molecule has 0 aromatic heterocycles. The Morgan fingerprint density at radius 2 is 2.10 bits per heavy atom. The Morgan fingerprint density at radius 1 is 1.30 bits per heavy atom. The zero-order chi connectivity index (χ0) is 14.2. The van der Waals surface area contributed by atoms with E-state index in [9.17, 15) is 0 Å². The van der Waals surface area contributed by atoms with Gasteiger partial charge in [0.15, 0.2) is 0 Å². The lowest BCUT2D eigenvalue weighted by molar-refractivity contribution is 0.186. The molecule has 0 bridgehead atoms. The van der Waals surface area contributed by atoms with Crippen molar-refractivity contribution >= 4 is 11.6 Å². The van der Waals surface area contributed by atoms with Crippen molar-refractivity contribution < 1.29 is 4.74 Å². The highest BCUT2D eigenvalue weighted by Gasteiger charge is 2.23. The van der Waals surface area contributed by atoms with E-state index in [1.807, 2.05) is 24.3 Å². The van der Waals surface area contributed by atoms with E-state index in [-0.39, 0.29) is 0 Å². The van der Waals surface area contributed by atoms with E-state index in [2.05, 4.69) is 12.2 Å². The SMILES string of the molecule is CCCNC(COc1cccc(Cl)c1)C1CCCCC1. The third-order valence-electron chi connectivity index (χ3n) is 4.10. The Labute approximate surface area is 127 Å². The second kappa shape index (κ2) is 8.53. The average Bonchev–Trinajstić information content (AvgIpc) is 2.48. The van der Waals surface area contributed by atoms with E-state index in [1.54, 1.807) is 0 Å². The number of nitrogens with one attached hydrogen (secondary N) is 1. The number of hydrogen-bond acceptors (Lipinski definition) is 2. The van der Waals surface area contributed by atoms with Crippen LogP contribution in [0.4, 0.5) is 0 Å². The molecule has 0 saturated heterocycles. The molecule has 0 spiro atoms. The highest BCUT2D eigenvalue weighted by atomic mass is 35.5. The van der Waals surface area contributed by atoms with E-state index >= 15 is 0 Å². The molecule has 1 N–H and O–H groups in total. The lowest BCUT2D eigenvalue weighted by Crippen LogP contribution is -2.42. The molecule has 2 rings (SSSR count). The van der Waals surface area contributed by atoms with Gasteiger partial charge in [0.25, 0.3) is 0 Å². The zero-order valence-corrected chi connectivity index (χ0v) is 13.2. The van der Waals surface area contributed by atoms with Gasteiger partial charge in [-0.05, 0) is 49.9 Å². The van der Waals surface area contributed by atoms with Crippen LogP contribution in [-0.2, 0) is 0 Å². The summed E-state index contributed by atoms with van der Waals surface area (Å²) in [5.41, 5.74) is 0.